The van der Waals surface area contributed by atoms with E-state index in [0.29, 0.717) is 6.04 Å². The second kappa shape index (κ2) is 5.07. The summed E-state index contributed by atoms with van der Waals surface area (Å²) in [6.45, 7) is 5.28. The molecular weight excluding hydrogens is 222 g/mol. The molecule has 1 heterocycles. The first-order valence-corrected chi connectivity index (χ1v) is 6.25. The predicted molar refractivity (Wildman–Crippen MR) is 67.3 cm³/mol. The van der Waals surface area contributed by atoms with Crippen LogP contribution in [0.4, 0.5) is 0 Å². The van der Waals surface area contributed by atoms with Gasteiger partial charge in [-0.3, -0.25) is 0 Å². The van der Waals surface area contributed by atoms with Gasteiger partial charge in [0.05, 0.1) is 0 Å². The minimum absolute atomic E-state index is 0.252. The summed E-state index contributed by atoms with van der Waals surface area (Å²) in [5, 5.41) is 4.26. The molecule has 3 heteroatoms. The van der Waals surface area contributed by atoms with Gasteiger partial charge in [-0.1, -0.05) is 18.5 Å². The molecule has 1 aliphatic rings. The van der Waals surface area contributed by atoms with Gasteiger partial charge in [-0.05, 0) is 37.1 Å². The van der Waals surface area contributed by atoms with Crippen molar-refractivity contribution in [3.63, 3.8) is 0 Å². The van der Waals surface area contributed by atoms with Gasteiger partial charge in [0, 0.05) is 24.0 Å². The number of ether oxygens (including phenoxy) is 1. The second-order valence-corrected chi connectivity index (χ2v) is 4.85. The molecule has 0 bridgehead atoms. The van der Waals surface area contributed by atoms with Gasteiger partial charge in [-0.25, -0.2) is 0 Å². The zero-order chi connectivity index (χ0) is 11.5. The molecule has 1 aromatic rings. The standard InChI is InChI=1S/C13H18ClNO/c1-3-9(2)15-8-12-7-10-6-11(14)4-5-13(10)16-12/h4-6,9,12,15H,3,7-8H2,1-2H3. The zero-order valence-electron chi connectivity index (χ0n) is 9.79. The Hall–Kier alpha value is -0.730. The quantitative estimate of drug-likeness (QED) is 0.872. The van der Waals surface area contributed by atoms with Crippen molar-refractivity contribution < 1.29 is 4.74 Å². The first kappa shape index (κ1) is 11.7. The van der Waals surface area contributed by atoms with Gasteiger partial charge in [0.15, 0.2) is 0 Å². The molecule has 2 nitrogen and oxygen atoms in total. The van der Waals surface area contributed by atoms with Gasteiger partial charge in [0.25, 0.3) is 0 Å². The topological polar surface area (TPSA) is 21.3 Å². The van der Waals surface area contributed by atoms with Crippen LogP contribution in [-0.2, 0) is 6.42 Å². The molecule has 1 aliphatic heterocycles. The lowest BCUT2D eigenvalue weighted by atomic mass is 10.1. The maximum Gasteiger partial charge on any atom is 0.123 e. The van der Waals surface area contributed by atoms with Crippen molar-refractivity contribution in [2.24, 2.45) is 0 Å². The fourth-order valence-electron chi connectivity index (χ4n) is 1.88. The summed E-state index contributed by atoms with van der Waals surface area (Å²) in [7, 11) is 0. The molecule has 0 fully saturated rings. The Labute approximate surface area is 102 Å². The van der Waals surface area contributed by atoms with Crippen LogP contribution in [0.15, 0.2) is 18.2 Å². The molecule has 2 rings (SSSR count). The van der Waals surface area contributed by atoms with Crippen molar-refractivity contribution >= 4 is 11.6 Å². The van der Waals surface area contributed by atoms with Gasteiger partial charge in [0.2, 0.25) is 0 Å². The summed E-state index contributed by atoms with van der Waals surface area (Å²) in [6.07, 6.45) is 2.35. The van der Waals surface area contributed by atoms with Gasteiger partial charge in [-0.15, -0.1) is 0 Å². The smallest absolute Gasteiger partial charge is 0.123 e. The SMILES string of the molecule is CCC(C)NCC1Cc2cc(Cl)ccc2O1. The van der Waals surface area contributed by atoms with E-state index >= 15 is 0 Å². The highest BCUT2D eigenvalue weighted by atomic mass is 35.5. The molecular formula is C13H18ClNO. The van der Waals surface area contributed by atoms with Crippen LogP contribution in [0.5, 0.6) is 5.75 Å². The molecule has 2 unspecified atom stereocenters. The molecule has 0 saturated carbocycles. The highest BCUT2D eigenvalue weighted by Gasteiger charge is 2.22. The third-order valence-corrected chi connectivity index (χ3v) is 3.31. The third-order valence-electron chi connectivity index (χ3n) is 3.07. The molecule has 0 aliphatic carbocycles. The van der Waals surface area contributed by atoms with E-state index in [1.807, 2.05) is 18.2 Å². The largest absolute Gasteiger partial charge is 0.488 e. The van der Waals surface area contributed by atoms with E-state index in [-0.39, 0.29) is 6.10 Å². The number of halogens is 1. The Bertz CT molecular complexity index is 367. The normalized spacial score (nSPS) is 20.3. The number of benzene rings is 1. The van der Waals surface area contributed by atoms with Crippen LogP contribution in [-0.4, -0.2) is 18.7 Å². The molecule has 88 valence electrons. The summed E-state index contributed by atoms with van der Waals surface area (Å²) in [6, 6.07) is 6.39. The van der Waals surface area contributed by atoms with Gasteiger partial charge in [0.1, 0.15) is 11.9 Å². The third kappa shape index (κ3) is 2.69. The Morgan fingerprint density at radius 2 is 2.38 bits per heavy atom. The Morgan fingerprint density at radius 1 is 1.56 bits per heavy atom. The molecule has 1 aromatic carbocycles. The van der Waals surface area contributed by atoms with Crippen LogP contribution in [0, 0.1) is 0 Å². The summed E-state index contributed by atoms with van der Waals surface area (Å²) < 4.78 is 5.84. The Morgan fingerprint density at radius 3 is 3.12 bits per heavy atom. The lowest BCUT2D eigenvalue weighted by Crippen LogP contribution is -2.35. The Balaban J connectivity index is 1.90. The molecule has 0 saturated heterocycles. The van der Waals surface area contributed by atoms with Crippen molar-refractivity contribution in [1.29, 1.82) is 0 Å². The van der Waals surface area contributed by atoms with Crippen LogP contribution in [0.25, 0.3) is 0 Å². The van der Waals surface area contributed by atoms with E-state index in [1.165, 1.54) is 5.56 Å². The first-order valence-electron chi connectivity index (χ1n) is 5.87. The van der Waals surface area contributed by atoms with E-state index in [1.54, 1.807) is 0 Å². The molecule has 0 amide bonds. The minimum atomic E-state index is 0.252. The second-order valence-electron chi connectivity index (χ2n) is 4.41. The summed E-state index contributed by atoms with van der Waals surface area (Å²) >= 11 is 5.95. The van der Waals surface area contributed by atoms with Crippen molar-refractivity contribution in [2.75, 3.05) is 6.54 Å². The summed E-state index contributed by atoms with van der Waals surface area (Å²) in [5.41, 5.74) is 1.23. The average Bonchev–Trinajstić information content (AvgIpc) is 2.67. The van der Waals surface area contributed by atoms with E-state index in [9.17, 15) is 0 Å². The van der Waals surface area contributed by atoms with Crippen molar-refractivity contribution in [3.8, 4) is 5.75 Å². The van der Waals surface area contributed by atoms with E-state index < -0.39 is 0 Å². The minimum Gasteiger partial charge on any atom is -0.488 e. The predicted octanol–water partition coefficient (Wildman–Crippen LogP) is 3.03. The molecule has 16 heavy (non-hydrogen) atoms. The lowest BCUT2D eigenvalue weighted by molar-refractivity contribution is 0.222. The fourth-order valence-corrected chi connectivity index (χ4v) is 2.07. The molecule has 1 N–H and O–H groups in total. The Kier molecular flexibility index (Phi) is 3.72. The van der Waals surface area contributed by atoms with Crippen molar-refractivity contribution in [1.82, 2.24) is 5.32 Å². The van der Waals surface area contributed by atoms with Gasteiger partial charge < -0.3 is 10.1 Å². The van der Waals surface area contributed by atoms with Crippen molar-refractivity contribution in [2.45, 2.75) is 38.8 Å². The highest BCUT2D eigenvalue weighted by Crippen LogP contribution is 2.30. The number of fused-ring (bicyclic) bond motifs is 1. The molecule has 0 radical (unpaired) electrons. The number of hydrogen-bond donors (Lipinski definition) is 1. The van der Waals surface area contributed by atoms with Crippen LogP contribution < -0.4 is 10.1 Å². The fraction of sp³-hybridized carbons (Fsp3) is 0.538. The van der Waals surface area contributed by atoms with E-state index in [0.717, 1.165) is 30.2 Å². The van der Waals surface area contributed by atoms with Crippen LogP contribution in [0.1, 0.15) is 25.8 Å². The maximum absolute atomic E-state index is 5.95. The molecule has 0 spiro atoms. The summed E-state index contributed by atoms with van der Waals surface area (Å²) in [5.74, 6) is 0.986. The monoisotopic (exact) mass is 239 g/mol. The van der Waals surface area contributed by atoms with Crippen LogP contribution >= 0.6 is 11.6 Å². The maximum atomic E-state index is 5.95. The zero-order valence-corrected chi connectivity index (χ0v) is 10.6. The number of hydrogen-bond acceptors (Lipinski definition) is 2. The lowest BCUT2D eigenvalue weighted by Gasteiger charge is -2.15. The van der Waals surface area contributed by atoms with E-state index in [2.05, 4.69) is 19.2 Å². The number of rotatable bonds is 4. The molecule has 2 atom stereocenters. The van der Waals surface area contributed by atoms with Crippen LogP contribution in [0.2, 0.25) is 5.02 Å². The van der Waals surface area contributed by atoms with Crippen molar-refractivity contribution in [3.05, 3.63) is 28.8 Å². The number of nitrogens with one attached hydrogen (secondary N) is 1. The van der Waals surface area contributed by atoms with Crippen LogP contribution in [0.3, 0.4) is 0 Å². The van der Waals surface area contributed by atoms with E-state index in [4.69, 9.17) is 16.3 Å². The van der Waals surface area contributed by atoms with Gasteiger partial charge >= 0.3 is 0 Å². The highest BCUT2D eigenvalue weighted by molar-refractivity contribution is 6.30. The summed E-state index contributed by atoms with van der Waals surface area (Å²) in [4.78, 5) is 0. The average molecular weight is 240 g/mol. The van der Waals surface area contributed by atoms with Gasteiger partial charge in [-0.2, -0.15) is 0 Å². The molecule has 0 aromatic heterocycles. The first-order chi connectivity index (χ1) is 7.69.